The van der Waals surface area contributed by atoms with Crippen LogP contribution in [0.15, 0.2) is 18.2 Å². The van der Waals surface area contributed by atoms with Gasteiger partial charge in [-0.2, -0.15) is 0 Å². The minimum absolute atomic E-state index is 0.0277. The molecule has 1 heterocycles. The second kappa shape index (κ2) is 7.01. The fraction of sp³-hybridized carbons (Fsp3) is 0.588. The van der Waals surface area contributed by atoms with Crippen LogP contribution < -0.4 is 20.5 Å². The van der Waals surface area contributed by atoms with Crippen LogP contribution in [0.25, 0.3) is 0 Å². The number of hydrogen-bond acceptors (Lipinski definition) is 4. The average Bonchev–Trinajstić information content (AvgIpc) is 3.01. The van der Waals surface area contributed by atoms with E-state index in [4.69, 9.17) is 15.2 Å². The molecule has 22 heavy (non-hydrogen) atoms. The van der Waals surface area contributed by atoms with E-state index in [1.807, 2.05) is 18.2 Å². The van der Waals surface area contributed by atoms with Crippen LogP contribution in [0.5, 0.6) is 11.5 Å². The normalized spacial score (nSPS) is 19.0. The highest BCUT2D eigenvalue weighted by Gasteiger charge is 2.24. The smallest absolute Gasteiger partial charge is 0.231 e. The summed E-state index contributed by atoms with van der Waals surface area (Å²) in [6.45, 7) is 0.763. The van der Waals surface area contributed by atoms with Crippen molar-refractivity contribution in [2.75, 3.05) is 13.3 Å². The van der Waals surface area contributed by atoms with Gasteiger partial charge in [0.1, 0.15) is 0 Å². The van der Waals surface area contributed by atoms with Crippen LogP contribution in [0.4, 0.5) is 0 Å². The van der Waals surface area contributed by atoms with Crippen molar-refractivity contribution < 1.29 is 14.3 Å². The Kier molecular flexibility index (Phi) is 4.83. The SMILES string of the molecule is NCC(NC(=O)Cc1ccc2c(c1)OCO2)C1CCCCC1. The van der Waals surface area contributed by atoms with E-state index in [1.54, 1.807) is 0 Å². The summed E-state index contributed by atoms with van der Waals surface area (Å²) in [7, 11) is 0. The molecule has 0 spiro atoms. The molecule has 2 aliphatic rings. The maximum Gasteiger partial charge on any atom is 0.231 e. The predicted octanol–water partition coefficient (Wildman–Crippen LogP) is 1.98. The lowest BCUT2D eigenvalue weighted by molar-refractivity contribution is -0.121. The molecule has 1 aliphatic heterocycles. The van der Waals surface area contributed by atoms with Gasteiger partial charge in [0.25, 0.3) is 0 Å². The highest BCUT2D eigenvalue weighted by atomic mass is 16.7. The Balaban J connectivity index is 1.56. The lowest BCUT2D eigenvalue weighted by atomic mass is 9.84. The maximum atomic E-state index is 12.3. The van der Waals surface area contributed by atoms with Gasteiger partial charge < -0.3 is 20.5 Å². The molecular weight excluding hydrogens is 280 g/mol. The van der Waals surface area contributed by atoms with Gasteiger partial charge in [0, 0.05) is 12.6 Å². The van der Waals surface area contributed by atoms with Crippen molar-refractivity contribution in [1.29, 1.82) is 0 Å². The largest absolute Gasteiger partial charge is 0.454 e. The van der Waals surface area contributed by atoms with Crippen LogP contribution in [0.2, 0.25) is 0 Å². The molecule has 0 bridgehead atoms. The molecule has 1 aromatic rings. The Morgan fingerprint density at radius 1 is 1.23 bits per heavy atom. The van der Waals surface area contributed by atoms with E-state index in [2.05, 4.69) is 5.32 Å². The summed E-state index contributed by atoms with van der Waals surface area (Å²) >= 11 is 0. The van der Waals surface area contributed by atoms with Crippen molar-refractivity contribution in [1.82, 2.24) is 5.32 Å². The maximum absolute atomic E-state index is 12.3. The van der Waals surface area contributed by atoms with E-state index in [0.717, 1.165) is 11.3 Å². The molecular formula is C17H24N2O3. The number of nitrogens with one attached hydrogen (secondary N) is 1. The van der Waals surface area contributed by atoms with E-state index in [1.165, 1.54) is 32.1 Å². The Hall–Kier alpha value is -1.75. The number of benzene rings is 1. The molecule has 0 saturated heterocycles. The third-order valence-electron chi connectivity index (χ3n) is 4.62. The van der Waals surface area contributed by atoms with Crippen molar-refractivity contribution >= 4 is 5.91 Å². The Bertz CT molecular complexity index is 527. The second-order valence-electron chi connectivity index (χ2n) is 6.17. The minimum atomic E-state index is 0.0277. The highest BCUT2D eigenvalue weighted by Crippen LogP contribution is 2.32. The summed E-state index contributed by atoms with van der Waals surface area (Å²) in [4.78, 5) is 12.3. The van der Waals surface area contributed by atoms with Crippen molar-refractivity contribution in [3.8, 4) is 11.5 Å². The summed E-state index contributed by atoms with van der Waals surface area (Å²) in [6.07, 6.45) is 6.50. The summed E-state index contributed by atoms with van der Waals surface area (Å²) < 4.78 is 10.6. The number of hydrogen-bond donors (Lipinski definition) is 2. The van der Waals surface area contributed by atoms with Crippen molar-refractivity contribution in [2.45, 2.75) is 44.6 Å². The monoisotopic (exact) mass is 304 g/mol. The lowest BCUT2D eigenvalue weighted by Gasteiger charge is -2.30. The van der Waals surface area contributed by atoms with Crippen LogP contribution >= 0.6 is 0 Å². The van der Waals surface area contributed by atoms with Gasteiger partial charge in [-0.05, 0) is 36.5 Å². The molecule has 1 unspecified atom stereocenters. The number of nitrogens with two attached hydrogens (primary N) is 1. The quantitative estimate of drug-likeness (QED) is 0.872. The summed E-state index contributed by atoms with van der Waals surface area (Å²) in [6, 6.07) is 5.74. The summed E-state index contributed by atoms with van der Waals surface area (Å²) in [5, 5.41) is 3.12. The van der Waals surface area contributed by atoms with Gasteiger partial charge in [-0.25, -0.2) is 0 Å². The highest BCUT2D eigenvalue weighted by molar-refractivity contribution is 5.79. The topological polar surface area (TPSA) is 73.6 Å². The van der Waals surface area contributed by atoms with Crippen molar-refractivity contribution in [2.24, 2.45) is 11.7 Å². The van der Waals surface area contributed by atoms with Gasteiger partial charge in [0.05, 0.1) is 6.42 Å². The molecule has 3 rings (SSSR count). The third kappa shape index (κ3) is 3.53. The molecule has 120 valence electrons. The van der Waals surface area contributed by atoms with E-state index < -0.39 is 0 Å². The van der Waals surface area contributed by atoms with Crippen LogP contribution in [-0.2, 0) is 11.2 Å². The van der Waals surface area contributed by atoms with E-state index in [9.17, 15) is 4.79 Å². The molecule has 1 saturated carbocycles. The molecule has 1 aliphatic carbocycles. The Morgan fingerprint density at radius 2 is 2.00 bits per heavy atom. The van der Waals surface area contributed by atoms with Gasteiger partial charge in [0.15, 0.2) is 11.5 Å². The molecule has 5 heteroatoms. The minimum Gasteiger partial charge on any atom is -0.454 e. The third-order valence-corrected chi connectivity index (χ3v) is 4.62. The molecule has 1 aromatic carbocycles. The first kappa shape index (κ1) is 15.2. The standard InChI is InChI=1S/C17H24N2O3/c18-10-14(13-4-2-1-3-5-13)19-17(20)9-12-6-7-15-16(8-12)22-11-21-15/h6-8,13-14H,1-5,9-11,18H2,(H,19,20). The number of fused-ring (bicyclic) bond motifs is 1. The zero-order valence-corrected chi connectivity index (χ0v) is 12.8. The first-order valence-electron chi connectivity index (χ1n) is 8.14. The fourth-order valence-corrected chi connectivity index (χ4v) is 3.40. The predicted molar refractivity (Wildman–Crippen MR) is 83.8 cm³/mol. The van der Waals surface area contributed by atoms with Crippen molar-refractivity contribution in [3.05, 3.63) is 23.8 Å². The van der Waals surface area contributed by atoms with E-state index >= 15 is 0 Å². The van der Waals surface area contributed by atoms with Gasteiger partial charge in [-0.15, -0.1) is 0 Å². The van der Waals surface area contributed by atoms with Gasteiger partial charge in [-0.1, -0.05) is 25.3 Å². The van der Waals surface area contributed by atoms with Gasteiger partial charge in [0.2, 0.25) is 12.7 Å². The number of rotatable bonds is 5. The van der Waals surface area contributed by atoms with Crippen LogP contribution in [0.3, 0.4) is 0 Å². The summed E-state index contributed by atoms with van der Waals surface area (Å²) in [5.41, 5.74) is 6.80. The zero-order valence-electron chi connectivity index (χ0n) is 12.8. The molecule has 1 amide bonds. The molecule has 5 nitrogen and oxygen atoms in total. The van der Waals surface area contributed by atoms with E-state index in [-0.39, 0.29) is 18.7 Å². The summed E-state index contributed by atoms with van der Waals surface area (Å²) in [5.74, 6) is 2.01. The van der Waals surface area contributed by atoms with E-state index in [0.29, 0.717) is 24.6 Å². The molecule has 1 fully saturated rings. The second-order valence-corrected chi connectivity index (χ2v) is 6.17. The lowest BCUT2D eigenvalue weighted by Crippen LogP contribution is -2.46. The first-order chi connectivity index (χ1) is 10.8. The van der Waals surface area contributed by atoms with Crippen LogP contribution in [0, 0.1) is 5.92 Å². The first-order valence-corrected chi connectivity index (χ1v) is 8.14. The molecule has 3 N–H and O–H groups in total. The van der Waals surface area contributed by atoms with Gasteiger partial charge >= 0.3 is 0 Å². The van der Waals surface area contributed by atoms with Gasteiger partial charge in [-0.3, -0.25) is 4.79 Å². The number of carbonyl (C=O) groups is 1. The number of carbonyl (C=O) groups excluding carboxylic acids is 1. The Labute approximate surface area is 131 Å². The zero-order chi connectivity index (χ0) is 15.4. The van der Waals surface area contributed by atoms with Crippen LogP contribution in [0.1, 0.15) is 37.7 Å². The average molecular weight is 304 g/mol. The molecule has 0 aromatic heterocycles. The fourth-order valence-electron chi connectivity index (χ4n) is 3.40. The molecule has 1 atom stereocenters. The van der Waals surface area contributed by atoms with Crippen LogP contribution in [-0.4, -0.2) is 25.3 Å². The Morgan fingerprint density at radius 3 is 2.77 bits per heavy atom. The van der Waals surface area contributed by atoms with Crippen molar-refractivity contribution in [3.63, 3.8) is 0 Å². The number of ether oxygens (including phenoxy) is 2. The molecule has 0 radical (unpaired) electrons. The number of amides is 1.